The van der Waals surface area contributed by atoms with Crippen molar-refractivity contribution < 1.29 is 14.3 Å². The van der Waals surface area contributed by atoms with E-state index in [9.17, 15) is 4.79 Å². The Morgan fingerprint density at radius 1 is 1.25 bits per heavy atom. The van der Waals surface area contributed by atoms with Gasteiger partial charge in [0, 0.05) is 11.5 Å². The molecule has 3 nitrogen and oxygen atoms in total. The predicted octanol–water partition coefficient (Wildman–Crippen LogP) is 3.27. The lowest BCUT2D eigenvalue weighted by molar-refractivity contribution is -0.196. The summed E-state index contributed by atoms with van der Waals surface area (Å²) in [4.78, 5) is 11.6. The molecule has 0 spiro atoms. The Bertz CT molecular complexity index is 480. The molecule has 1 atom stereocenters. The van der Waals surface area contributed by atoms with Crippen LogP contribution >= 0.6 is 0 Å². The van der Waals surface area contributed by atoms with Crippen LogP contribution in [0.2, 0.25) is 0 Å². The Morgan fingerprint density at radius 2 is 1.80 bits per heavy atom. The molecule has 2 rings (SSSR count). The van der Waals surface area contributed by atoms with Crippen molar-refractivity contribution in [3.8, 4) is 0 Å². The summed E-state index contributed by atoms with van der Waals surface area (Å²) in [6, 6.07) is 8.34. The molecule has 108 valence electrons. The maximum atomic E-state index is 11.6. The molecule has 0 radical (unpaired) electrons. The SMILES string of the molecule is C=C(C)C(=O)OC(OC1Cc2ccccc2C1)C(C)C. The Labute approximate surface area is 120 Å². The van der Waals surface area contributed by atoms with Gasteiger partial charge in [-0.2, -0.15) is 0 Å². The molecule has 0 saturated heterocycles. The number of carbonyl (C=O) groups excluding carboxylic acids is 1. The average Bonchev–Trinajstić information content (AvgIpc) is 2.79. The smallest absolute Gasteiger partial charge is 0.335 e. The molecule has 1 unspecified atom stereocenters. The lowest BCUT2D eigenvalue weighted by atomic mass is 10.1. The monoisotopic (exact) mass is 274 g/mol. The highest BCUT2D eigenvalue weighted by Gasteiger charge is 2.28. The molecule has 0 N–H and O–H groups in total. The lowest BCUT2D eigenvalue weighted by Gasteiger charge is -2.25. The largest absolute Gasteiger partial charge is 0.432 e. The topological polar surface area (TPSA) is 35.5 Å². The van der Waals surface area contributed by atoms with Crippen molar-refractivity contribution >= 4 is 5.97 Å². The number of hydrogen-bond donors (Lipinski definition) is 0. The van der Waals surface area contributed by atoms with Crippen LogP contribution in [0.25, 0.3) is 0 Å². The van der Waals surface area contributed by atoms with Crippen molar-refractivity contribution in [3.63, 3.8) is 0 Å². The van der Waals surface area contributed by atoms with Crippen molar-refractivity contribution in [1.29, 1.82) is 0 Å². The molecule has 3 heteroatoms. The molecular weight excluding hydrogens is 252 g/mol. The average molecular weight is 274 g/mol. The second kappa shape index (κ2) is 6.23. The van der Waals surface area contributed by atoms with Gasteiger partial charge in [0.2, 0.25) is 6.29 Å². The standard InChI is InChI=1S/C17H22O3/c1-11(2)16(18)20-17(12(3)4)19-15-9-13-7-5-6-8-14(13)10-15/h5-8,12,15,17H,1,9-10H2,2-4H3. The van der Waals surface area contributed by atoms with Gasteiger partial charge >= 0.3 is 5.97 Å². The van der Waals surface area contributed by atoms with Crippen LogP contribution in [0, 0.1) is 5.92 Å². The van der Waals surface area contributed by atoms with Gasteiger partial charge < -0.3 is 9.47 Å². The van der Waals surface area contributed by atoms with Gasteiger partial charge in [-0.15, -0.1) is 0 Å². The first kappa shape index (κ1) is 14.8. The summed E-state index contributed by atoms with van der Waals surface area (Å²) >= 11 is 0. The van der Waals surface area contributed by atoms with Crippen molar-refractivity contribution in [1.82, 2.24) is 0 Å². The summed E-state index contributed by atoms with van der Waals surface area (Å²) in [7, 11) is 0. The van der Waals surface area contributed by atoms with Crippen molar-refractivity contribution in [2.75, 3.05) is 0 Å². The summed E-state index contributed by atoms with van der Waals surface area (Å²) < 4.78 is 11.4. The zero-order valence-electron chi connectivity index (χ0n) is 12.4. The minimum Gasteiger partial charge on any atom is -0.432 e. The maximum absolute atomic E-state index is 11.6. The highest BCUT2D eigenvalue weighted by Crippen LogP contribution is 2.26. The first-order valence-electron chi connectivity index (χ1n) is 7.06. The first-order chi connectivity index (χ1) is 9.47. The molecule has 1 aliphatic carbocycles. The highest BCUT2D eigenvalue weighted by molar-refractivity contribution is 5.87. The molecule has 1 aromatic rings. The molecule has 1 aromatic carbocycles. The van der Waals surface area contributed by atoms with Crippen LogP contribution in [0.15, 0.2) is 36.4 Å². The number of rotatable bonds is 5. The third-order valence-corrected chi connectivity index (χ3v) is 3.46. The van der Waals surface area contributed by atoms with Crippen LogP contribution in [0.1, 0.15) is 31.9 Å². The Kier molecular flexibility index (Phi) is 4.61. The number of carbonyl (C=O) groups is 1. The lowest BCUT2D eigenvalue weighted by Crippen LogP contribution is -2.31. The summed E-state index contributed by atoms with van der Waals surface area (Å²) in [5.41, 5.74) is 3.05. The predicted molar refractivity (Wildman–Crippen MR) is 78.3 cm³/mol. The van der Waals surface area contributed by atoms with Crippen molar-refractivity contribution in [2.24, 2.45) is 5.92 Å². The fourth-order valence-electron chi connectivity index (χ4n) is 2.33. The van der Waals surface area contributed by atoms with Gasteiger partial charge in [0.05, 0.1) is 6.10 Å². The summed E-state index contributed by atoms with van der Waals surface area (Å²) in [6.45, 7) is 9.21. The maximum Gasteiger partial charge on any atom is 0.335 e. The molecule has 0 saturated carbocycles. The molecule has 0 aliphatic heterocycles. The molecule has 0 heterocycles. The van der Waals surface area contributed by atoms with E-state index in [1.807, 2.05) is 26.0 Å². The van der Waals surface area contributed by atoms with Crippen LogP contribution in [0.5, 0.6) is 0 Å². The zero-order valence-corrected chi connectivity index (χ0v) is 12.4. The van der Waals surface area contributed by atoms with Crippen LogP contribution in [-0.2, 0) is 27.1 Å². The number of hydrogen-bond acceptors (Lipinski definition) is 3. The Balaban J connectivity index is 1.97. The van der Waals surface area contributed by atoms with Crippen LogP contribution < -0.4 is 0 Å². The van der Waals surface area contributed by atoms with Gasteiger partial charge in [0.1, 0.15) is 0 Å². The van der Waals surface area contributed by atoms with E-state index in [1.165, 1.54) is 11.1 Å². The van der Waals surface area contributed by atoms with E-state index in [4.69, 9.17) is 9.47 Å². The fourth-order valence-corrected chi connectivity index (χ4v) is 2.33. The Morgan fingerprint density at radius 3 is 2.25 bits per heavy atom. The number of ether oxygens (including phenoxy) is 2. The van der Waals surface area contributed by atoms with Crippen LogP contribution in [0.3, 0.4) is 0 Å². The highest BCUT2D eigenvalue weighted by atomic mass is 16.7. The van der Waals surface area contributed by atoms with E-state index >= 15 is 0 Å². The van der Waals surface area contributed by atoms with E-state index in [1.54, 1.807) is 6.92 Å². The first-order valence-corrected chi connectivity index (χ1v) is 7.06. The van der Waals surface area contributed by atoms with Gasteiger partial charge in [-0.25, -0.2) is 4.79 Å². The number of fused-ring (bicyclic) bond motifs is 1. The van der Waals surface area contributed by atoms with E-state index in [0.717, 1.165) is 12.8 Å². The van der Waals surface area contributed by atoms with Crippen molar-refractivity contribution in [3.05, 3.63) is 47.5 Å². The van der Waals surface area contributed by atoms with Crippen LogP contribution in [-0.4, -0.2) is 18.4 Å². The molecular formula is C17H22O3. The van der Waals surface area contributed by atoms with E-state index in [2.05, 4.69) is 18.7 Å². The van der Waals surface area contributed by atoms with Crippen molar-refractivity contribution in [2.45, 2.75) is 46.0 Å². The zero-order chi connectivity index (χ0) is 14.7. The second-order valence-electron chi connectivity index (χ2n) is 5.73. The summed E-state index contributed by atoms with van der Waals surface area (Å²) in [5, 5.41) is 0. The summed E-state index contributed by atoms with van der Waals surface area (Å²) in [6.07, 6.45) is 1.32. The van der Waals surface area contributed by atoms with Gasteiger partial charge in [0.25, 0.3) is 0 Å². The van der Waals surface area contributed by atoms with Gasteiger partial charge in [-0.1, -0.05) is 44.7 Å². The third kappa shape index (κ3) is 3.48. The quantitative estimate of drug-likeness (QED) is 0.469. The second-order valence-corrected chi connectivity index (χ2v) is 5.73. The molecule has 0 amide bonds. The third-order valence-electron chi connectivity index (χ3n) is 3.46. The number of esters is 1. The molecule has 1 aliphatic rings. The molecule has 0 aromatic heterocycles. The van der Waals surface area contributed by atoms with Gasteiger partial charge in [0.15, 0.2) is 0 Å². The number of benzene rings is 1. The fraction of sp³-hybridized carbons (Fsp3) is 0.471. The normalized spacial score (nSPS) is 16.0. The molecule has 20 heavy (non-hydrogen) atoms. The summed E-state index contributed by atoms with van der Waals surface area (Å²) in [5.74, 6) is -0.277. The Hall–Kier alpha value is -1.61. The van der Waals surface area contributed by atoms with Crippen LogP contribution in [0.4, 0.5) is 0 Å². The molecule has 0 bridgehead atoms. The minimum atomic E-state index is -0.515. The minimum absolute atomic E-state index is 0.0812. The van der Waals surface area contributed by atoms with E-state index < -0.39 is 6.29 Å². The van der Waals surface area contributed by atoms with E-state index in [0.29, 0.717) is 5.57 Å². The van der Waals surface area contributed by atoms with E-state index in [-0.39, 0.29) is 18.0 Å². The molecule has 0 fully saturated rings. The van der Waals surface area contributed by atoms with Gasteiger partial charge in [-0.3, -0.25) is 0 Å². The van der Waals surface area contributed by atoms with Gasteiger partial charge in [-0.05, 0) is 30.9 Å².